The molecule has 0 saturated carbocycles. The van der Waals surface area contributed by atoms with Crippen molar-refractivity contribution in [3.05, 3.63) is 50.8 Å². The highest BCUT2D eigenvalue weighted by atomic mass is 16.5. The lowest BCUT2D eigenvalue weighted by molar-refractivity contribution is 0.134. The van der Waals surface area contributed by atoms with Gasteiger partial charge in [-0.15, -0.1) is 0 Å². The zero-order valence-electron chi connectivity index (χ0n) is 17.5. The Morgan fingerprint density at radius 1 is 1.03 bits per heavy atom. The van der Waals surface area contributed by atoms with Crippen molar-refractivity contribution in [3.8, 4) is 17.1 Å². The van der Waals surface area contributed by atoms with E-state index in [9.17, 15) is 9.59 Å². The van der Waals surface area contributed by atoms with Crippen LogP contribution in [0.25, 0.3) is 22.4 Å². The number of aryl methyl sites for hydroxylation is 2. The number of aromatic amines is 1. The van der Waals surface area contributed by atoms with E-state index in [0.29, 0.717) is 23.6 Å². The molecule has 0 unspecified atom stereocenters. The van der Waals surface area contributed by atoms with E-state index >= 15 is 0 Å². The summed E-state index contributed by atoms with van der Waals surface area (Å²) in [5.41, 5.74) is 1.00. The summed E-state index contributed by atoms with van der Waals surface area (Å²) in [4.78, 5) is 40.0. The molecule has 158 valence electrons. The maximum Gasteiger partial charge on any atom is 0.328 e. The van der Waals surface area contributed by atoms with Gasteiger partial charge in [-0.2, -0.15) is 0 Å². The van der Waals surface area contributed by atoms with Gasteiger partial charge >= 0.3 is 5.69 Å². The molecule has 1 saturated heterocycles. The SMILES string of the molecule is Cc1nc(-c2ccc(OCCN3CCN(C)CC3)cc2)nc2c(=O)[nH]c(=O)n(C)c12. The number of H-pyrrole nitrogens is 1. The topological polar surface area (TPSA) is 96.3 Å². The van der Waals surface area contributed by atoms with Crippen molar-refractivity contribution >= 4 is 11.0 Å². The van der Waals surface area contributed by atoms with Crippen LogP contribution in [0.2, 0.25) is 0 Å². The smallest absolute Gasteiger partial charge is 0.328 e. The monoisotopic (exact) mass is 410 g/mol. The third-order valence-electron chi connectivity index (χ3n) is 5.52. The van der Waals surface area contributed by atoms with Gasteiger partial charge in [0.15, 0.2) is 11.3 Å². The lowest BCUT2D eigenvalue weighted by Crippen LogP contribution is -2.45. The van der Waals surface area contributed by atoms with Crippen LogP contribution in [0.4, 0.5) is 0 Å². The Morgan fingerprint density at radius 3 is 2.43 bits per heavy atom. The highest BCUT2D eigenvalue weighted by Gasteiger charge is 2.14. The van der Waals surface area contributed by atoms with Crippen molar-refractivity contribution in [2.24, 2.45) is 7.05 Å². The number of nitrogens with one attached hydrogen (secondary N) is 1. The lowest BCUT2D eigenvalue weighted by Gasteiger charge is -2.32. The largest absolute Gasteiger partial charge is 0.492 e. The maximum absolute atomic E-state index is 12.2. The summed E-state index contributed by atoms with van der Waals surface area (Å²) >= 11 is 0. The van der Waals surface area contributed by atoms with E-state index in [1.54, 1.807) is 14.0 Å². The Morgan fingerprint density at radius 2 is 1.73 bits per heavy atom. The number of fused-ring (bicyclic) bond motifs is 1. The summed E-state index contributed by atoms with van der Waals surface area (Å²) in [5.74, 6) is 1.22. The first-order chi connectivity index (χ1) is 14.4. The van der Waals surface area contributed by atoms with Crippen LogP contribution in [0.15, 0.2) is 33.9 Å². The van der Waals surface area contributed by atoms with E-state index in [4.69, 9.17) is 4.74 Å². The molecule has 0 radical (unpaired) electrons. The van der Waals surface area contributed by atoms with Crippen LogP contribution in [0.3, 0.4) is 0 Å². The van der Waals surface area contributed by atoms with E-state index in [1.807, 2.05) is 24.3 Å². The molecule has 3 heterocycles. The van der Waals surface area contributed by atoms with Crippen molar-refractivity contribution in [3.63, 3.8) is 0 Å². The second kappa shape index (κ2) is 8.37. The van der Waals surface area contributed by atoms with E-state index in [0.717, 1.165) is 44.0 Å². The molecule has 1 fully saturated rings. The van der Waals surface area contributed by atoms with Gasteiger partial charge in [-0.3, -0.25) is 19.2 Å². The van der Waals surface area contributed by atoms with Crippen LogP contribution < -0.4 is 16.0 Å². The molecule has 9 nitrogen and oxygen atoms in total. The van der Waals surface area contributed by atoms with Gasteiger partial charge < -0.3 is 9.64 Å². The van der Waals surface area contributed by atoms with Gasteiger partial charge in [-0.05, 0) is 38.2 Å². The number of likely N-dealkylation sites (N-methyl/N-ethyl adjacent to an activating group) is 1. The molecule has 2 aromatic heterocycles. The van der Waals surface area contributed by atoms with Gasteiger partial charge in [0.1, 0.15) is 12.4 Å². The molecule has 1 aliphatic rings. The zero-order chi connectivity index (χ0) is 21.3. The zero-order valence-corrected chi connectivity index (χ0v) is 17.5. The van der Waals surface area contributed by atoms with Crippen LogP contribution in [0.1, 0.15) is 5.69 Å². The Hall–Kier alpha value is -3.04. The lowest BCUT2D eigenvalue weighted by atomic mass is 10.2. The standard InChI is InChI=1S/C21H26N6O3/c1-14-18-17(20(28)24-21(29)26(18)3)23-19(22-14)15-4-6-16(7-5-15)30-13-12-27-10-8-25(2)9-11-27/h4-7H,8-13H2,1-3H3,(H,24,28,29). The average Bonchev–Trinajstić information content (AvgIpc) is 2.73. The number of aromatic nitrogens is 4. The molecule has 0 atom stereocenters. The Balaban J connectivity index is 1.48. The van der Waals surface area contributed by atoms with Gasteiger partial charge in [-0.25, -0.2) is 14.8 Å². The quantitative estimate of drug-likeness (QED) is 0.659. The average molecular weight is 410 g/mol. The molecule has 30 heavy (non-hydrogen) atoms. The predicted octanol–water partition coefficient (Wildman–Crippen LogP) is 0.618. The fraction of sp³-hybridized carbons (Fsp3) is 0.429. The molecule has 0 spiro atoms. The molecule has 0 amide bonds. The molecule has 0 aliphatic carbocycles. The Kier molecular flexibility index (Phi) is 5.65. The number of ether oxygens (including phenoxy) is 1. The Labute approximate surface area is 173 Å². The number of piperazine rings is 1. The van der Waals surface area contributed by atoms with Crippen LogP contribution >= 0.6 is 0 Å². The third-order valence-corrected chi connectivity index (χ3v) is 5.52. The number of benzene rings is 1. The first kappa shape index (κ1) is 20.2. The maximum atomic E-state index is 12.2. The van der Waals surface area contributed by atoms with Crippen LogP contribution in [0, 0.1) is 6.92 Å². The minimum Gasteiger partial charge on any atom is -0.492 e. The summed E-state index contributed by atoms with van der Waals surface area (Å²) in [6.45, 7) is 7.64. The van der Waals surface area contributed by atoms with Gasteiger partial charge in [0.25, 0.3) is 5.56 Å². The minimum absolute atomic E-state index is 0.201. The Bertz CT molecular complexity index is 1160. The van der Waals surface area contributed by atoms with Gasteiger partial charge in [0.05, 0.1) is 11.2 Å². The number of rotatable bonds is 5. The second-order valence-corrected chi connectivity index (χ2v) is 7.67. The summed E-state index contributed by atoms with van der Waals surface area (Å²) in [5, 5.41) is 0. The predicted molar refractivity (Wildman–Crippen MR) is 115 cm³/mol. The first-order valence-electron chi connectivity index (χ1n) is 10.0. The number of hydrogen-bond acceptors (Lipinski definition) is 7. The van der Waals surface area contributed by atoms with Gasteiger partial charge in [0, 0.05) is 45.3 Å². The molecule has 1 aliphatic heterocycles. The highest BCUT2D eigenvalue weighted by Crippen LogP contribution is 2.21. The van der Waals surface area contributed by atoms with Crippen molar-refractivity contribution in [1.82, 2.24) is 29.3 Å². The van der Waals surface area contributed by atoms with Crippen molar-refractivity contribution in [1.29, 1.82) is 0 Å². The fourth-order valence-electron chi connectivity index (χ4n) is 3.66. The number of hydrogen-bond donors (Lipinski definition) is 1. The third kappa shape index (κ3) is 4.12. The molecule has 0 bridgehead atoms. The molecule has 9 heteroatoms. The highest BCUT2D eigenvalue weighted by molar-refractivity contribution is 5.78. The van der Waals surface area contributed by atoms with Gasteiger partial charge in [0.2, 0.25) is 0 Å². The molecular weight excluding hydrogens is 384 g/mol. The van der Waals surface area contributed by atoms with E-state index in [2.05, 4.69) is 31.8 Å². The van der Waals surface area contributed by atoms with Crippen molar-refractivity contribution < 1.29 is 4.74 Å². The molecule has 4 rings (SSSR count). The van der Waals surface area contributed by atoms with Crippen LogP contribution in [-0.4, -0.2) is 75.7 Å². The number of nitrogens with zero attached hydrogens (tertiary/aromatic N) is 5. The van der Waals surface area contributed by atoms with Crippen molar-refractivity contribution in [2.45, 2.75) is 6.92 Å². The normalized spacial score (nSPS) is 15.6. The van der Waals surface area contributed by atoms with E-state index in [1.165, 1.54) is 4.57 Å². The molecular formula is C21H26N6O3. The van der Waals surface area contributed by atoms with Crippen LogP contribution in [-0.2, 0) is 7.05 Å². The first-order valence-corrected chi connectivity index (χ1v) is 10.0. The van der Waals surface area contributed by atoms with Gasteiger partial charge in [-0.1, -0.05) is 0 Å². The summed E-state index contributed by atoms with van der Waals surface area (Å²) in [7, 11) is 3.73. The second-order valence-electron chi connectivity index (χ2n) is 7.67. The van der Waals surface area contributed by atoms with E-state index < -0.39 is 11.2 Å². The summed E-state index contributed by atoms with van der Waals surface area (Å²) in [6, 6.07) is 7.52. The van der Waals surface area contributed by atoms with Crippen LogP contribution in [0.5, 0.6) is 5.75 Å². The van der Waals surface area contributed by atoms with Crippen molar-refractivity contribution in [2.75, 3.05) is 46.4 Å². The van der Waals surface area contributed by atoms with E-state index in [-0.39, 0.29) is 5.52 Å². The fourth-order valence-corrected chi connectivity index (χ4v) is 3.66. The molecule has 3 aromatic rings. The summed E-state index contributed by atoms with van der Waals surface area (Å²) < 4.78 is 7.23. The molecule has 1 N–H and O–H groups in total. The minimum atomic E-state index is -0.510. The molecule has 1 aromatic carbocycles. The summed E-state index contributed by atoms with van der Waals surface area (Å²) in [6.07, 6.45) is 0.